The number of anilines is 3. The van der Waals surface area contributed by atoms with Gasteiger partial charge in [-0.05, 0) is 66.7 Å². The van der Waals surface area contributed by atoms with Gasteiger partial charge >= 0.3 is 0 Å². The second kappa shape index (κ2) is 10.2. The zero-order chi connectivity index (χ0) is 29.7. The molecule has 212 valence electrons. The number of rotatable bonds is 5. The predicted molar refractivity (Wildman–Crippen MR) is 185 cm³/mol. The Labute approximate surface area is 259 Å². The van der Waals surface area contributed by atoms with Crippen molar-refractivity contribution in [2.24, 2.45) is 0 Å². The predicted octanol–water partition coefficient (Wildman–Crippen LogP) is 10.1. The monoisotopic (exact) mass is 577 g/mol. The van der Waals surface area contributed by atoms with Crippen molar-refractivity contribution in [3.63, 3.8) is 0 Å². The van der Waals surface area contributed by atoms with Crippen molar-refractivity contribution in [3.8, 4) is 11.4 Å². The second-order valence-electron chi connectivity index (χ2n) is 11.2. The molecule has 0 saturated heterocycles. The molecule has 9 rings (SSSR count). The smallest absolute Gasteiger partial charge is 0.0724 e. The molecule has 4 heterocycles. The van der Waals surface area contributed by atoms with Crippen LogP contribution in [0.3, 0.4) is 0 Å². The molecule has 0 radical (unpaired) electrons. The number of nitrogens with zero attached hydrogens (tertiary/aromatic N) is 5. The van der Waals surface area contributed by atoms with Gasteiger partial charge in [-0.2, -0.15) is 0 Å². The molecule has 9 aromatic rings. The third kappa shape index (κ3) is 4.02. The molecule has 5 aromatic carbocycles. The molecule has 0 aliphatic heterocycles. The third-order valence-electron chi connectivity index (χ3n) is 8.64. The Hall–Kier alpha value is -6.20. The molecule has 0 fully saturated rings. The summed E-state index contributed by atoms with van der Waals surface area (Å²) in [6, 6.07) is 49.4. The fourth-order valence-electron chi connectivity index (χ4n) is 6.76. The average molecular weight is 578 g/mol. The van der Waals surface area contributed by atoms with E-state index in [0.717, 1.165) is 50.5 Å². The van der Waals surface area contributed by atoms with E-state index in [2.05, 4.69) is 164 Å². The highest BCUT2D eigenvalue weighted by Gasteiger charge is 2.20. The Bertz CT molecular complexity index is 2210. The van der Waals surface area contributed by atoms with Crippen LogP contribution in [0.1, 0.15) is 0 Å². The molecule has 0 bridgehead atoms. The SMILES string of the molecule is c1ccc(N(c2ccccc2)c2cc(-n3c4ccccc4c4ccncc43)cc(-n3c4ccccc4c4ccncc43)c2)cc1. The first kappa shape index (κ1) is 25.3. The molecule has 0 N–H and O–H groups in total. The summed E-state index contributed by atoms with van der Waals surface area (Å²) in [6.07, 6.45) is 7.69. The highest BCUT2D eigenvalue weighted by Crippen LogP contribution is 2.40. The van der Waals surface area contributed by atoms with Gasteiger partial charge in [-0.25, -0.2) is 0 Å². The molecular formula is C40H27N5. The summed E-state index contributed by atoms with van der Waals surface area (Å²) in [5, 5.41) is 4.75. The maximum absolute atomic E-state index is 4.56. The van der Waals surface area contributed by atoms with E-state index in [1.807, 2.05) is 24.8 Å². The van der Waals surface area contributed by atoms with Gasteiger partial charge in [-0.1, -0.05) is 72.8 Å². The number of pyridine rings is 2. The van der Waals surface area contributed by atoms with Gasteiger partial charge in [-0.15, -0.1) is 0 Å². The standard InChI is InChI=1S/C40H27N5/c1-3-11-28(12-4-1)43(29-13-5-2-6-14-29)30-23-31(44-37-17-9-7-15-33(37)35-19-21-41-26-39(35)44)25-32(24-30)45-38-18-10-8-16-34(38)36-20-22-42-27-40(36)45/h1-27H. The summed E-state index contributed by atoms with van der Waals surface area (Å²) in [5.41, 5.74) is 9.72. The van der Waals surface area contributed by atoms with E-state index < -0.39 is 0 Å². The van der Waals surface area contributed by atoms with E-state index >= 15 is 0 Å². The van der Waals surface area contributed by atoms with Crippen LogP contribution in [0.25, 0.3) is 55.0 Å². The maximum Gasteiger partial charge on any atom is 0.0724 e. The van der Waals surface area contributed by atoms with Crippen LogP contribution in [-0.2, 0) is 0 Å². The van der Waals surface area contributed by atoms with Gasteiger partial charge in [0.15, 0.2) is 0 Å². The van der Waals surface area contributed by atoms with Gasteiger partial charge in [0.1, 0.15) is 0 Å². The Morgan fingerprint density at radius 2 is 0.800 bits per heavy atom. The van der Waals surface area contributed by atoms with Gasteiger partial charge in [0.2, 0.25) is 0 Å². The van der Waals surface area contributed by atoms with E-state index in [1.165, 1.54) is 21.5 Å². The van der Waals surface area contributed by atoms with Crippen molar-refractivity contribution in [2.75, 3.05) is 4.90 Å². The lowest BCUT2D eigenvalue weighted by Crippen LogP contribution is -2.11. The Morgan fingerprint density at radius 3 is 1.29 bits per heavy atom. The Morgan fingerprint density at radius 1 is 0.378 bits per heavy atom. The quantitative estimate of drug-likeness (QED) is 0.204. The van der Waals surface area contributed by atoms with Crippen molar-refractivity contribution in [2.45, 2.75) is 0 Å². The Balaban J connectivity index is 1.42. The Kier molecular flexibility index (Phi) is 5.74. The largest absolute Gasteiger partial charge is 0.310 e. The van der Waals surface area contributed by atoms with Crippen LogP contribution in [-0.4, -0.2) is 19.1 Å². The number of hydrogen-bond acceptors (Lipinski definition) is 3. The number of aromatic nitrogens is 4. The lowest BCUT2D eigenvalue weighted by Gasteiger charge is -2.27. The minimum Gasteiger partial charge on any atom is -0.310 e. The maximum atomic E-state index is 4.56. The minimum atomic E-state index is 1.05. The molecular weight excluding hydrogens is 550 g/mol. The van der Waals surface area contributed by atoms with Crippen molar-refractivity contribution in [1.82, 2.24) is 19.1 Å². The fourth-order valence-corrected chi connectivity index (χ4v) is 6.76. The first-order chi connectivity index (χ1) is 22.3. The molecule has 0 unspecified atom stereocenters. The first-order valence-corrected chi connectivity index (χ1v) is 15.1. The van der Waals surface area contributed by atoms with Crippen molar-refractivity contribution < 1.29 is 0 Å². The highest BCUT2D eigenvalue weighted by atomic mass is 15.1. The van der Waals surface area contributed by atoms with Crippen LogP contribution in [0.15, 0.2) is 164 Å². The minimum absolute atomic E-state index is 1.05. The summed E-state index contributed by atoms with van der Waals surface area (Å²) in [7, 11) is 0. The van der Waals surface area contributed by atoms with Crippen molar-refractivity contribution >= 4 is 60.7 Å². The molecule has 0 atom stereocenters. The van der Waals surface area contributed by atoms with E-state index in [4.69, 9.17) is 0 Å². The van der Waals surface area contributed by atoms with E-state index in [-0.39, 0.29) is 0 Å². The van der Waals surface area contributed by atoms with E-state index in [0.29, 0.717) is 0 Å². The first-order valence-electron chi connectivity index (χ1n) is 15.1. The van der Waals surface area contributed by atoms with Gasteiger partial charge in [0, 0.05) is 45.3 Å². The molecule has 0 amide bonds. The number of hydrogen-bond donors (Lipinski definition) is 0. The van der Waals surface area contributed by atoms with Crippen molar-refractivity contribution in [3.05, 3.63) is 164 Å². The summed E-state index contributed by atoms with van der Waals surface area (Å²) in [5.74, 6) is 0. The van der Waals surface area contributed by atoms with Crippen LogP contribution >= 0.6 is 0 Å². The zero-order valence-corrected chi connectivity index (χ0v) is 24.3. The number of fused-ring (bicyclic) bond motifs is 6. The number of benzene rings is 5. The van der Waals surface area contributed by atoms with Gasteiger partial charge in [0.05, 0.1) is 51.5 Å². The molecule has 45 heavy (non-hydrogen) atoms. The van der Waals surface area contributed by atoms with Crippen LogP contribution < -0.4 is 4.90 Å². The van der Waals surface area contributed by atoms with Crippen LogP contribution in [0.4, 0.5) is 17.1 Å². The summed E-state index contributed by atoms with van der Waals surface area (Å²) >= 11 is 0. The van der Waals surface area contributed by atoms with Gasteiger partial charge < -0.3 is 14.0 Å². The second-order valence-corrected chi connectivity index (χ2v) is 11.2. The average Bonchev–Trinajstić information content (AvgIpc) is 3.63. The molecule has 0 aliphatic carbocycles. The summed E-state index contributed by atoms with van der Waals surface area (Å²) < 4.78 is 4.68. The lowest BCUT2D eigenvalue weighted by atomic mass is 10.1. The van der Waals surface area contributed by atoms with E-state index in [9.17, 15) is 0 Å². The zero-order valence-electron chi connectivity index (χ0n) is 24.3. The third-order valence-corrected chi connectivity index (χ3v) is 8.64. The van der Waals surface area contributed by atoms with E-state index in [1.54, 1.807) is 0 Å². The normalized spacial score (nSPS) is 11.6. The molecule has 0 saturated carbocycles. The van der Waals surface area contributed by atoms with Crippen LogP contribution in [0, 0.1) is 0 Å². The highest BCUT2D eigenvalue weighted by molar-refractivity contribution is 6.10. The summed E-state index contributed by atoms with van der Waals surface area (Å²) in [6.45, 7) is 0. The fraction of sp³-hybridized carbons (Fsp3) is 0. The van der Waals surface area contributed by atoms with Gasteiger partial charge in [-0.3, -0.25) is 9.97 Å². The molecule has 0 spiro atoms. The van der Waals surface area contributed by atoms with Crippen molar-refractivity contribution in [1.29, 1.82) is 0 Å². The lowest BCUT2D eigenvalue weighted by molar-refractivity contribution is 1.11. The molecule has 5 heteroatoms. The van der Waals surface area contributed by atoms with Gasteiger partial charge in [0.25, 0.3) is 0 Å². The summed E-state index contributed by atoms with van der Waals surface area (Å²) in [4.78, 5) is 11.4. The number of para-hydroxylation sites is 4. The molecule has 4 aromatic heterocycles. The topological polar surface area (TPSA) is 38.9 Å². The molecule has 5 nitrogen and oxygen atoms in total. The molecule has 0 aliphatic rings. The van der Waals surface area contributed by atoms with Crippen LogP contribution in [0.2, 0.25) is 0 Å². The van der Waals surface area contributed by atoms with Crippen LogP contribution in [0.5, 0.6) is 0 Å².